The smallest absolute Gasteiger partial charge is 0.234 e. The fourth-order valence-corrected chi connectivity index (χ4v) is 3.71. The van der Waals surface area contributed by atoms with Crippen LogP contribution in [0.5, 0.6) is 5.75 Å². The van der Waals surface area contributed by atoms with Crippen LogP contribution >= 0.6 is 0 Å². The summed E-state index contributed by atoms with van der Waals surface area (Å²) < 4.78 is 10.8. The minimum absolute atomic E-state index is 0.104. The summed E-state index contributed by atoms with van der Waals surface area (Å²) in [6, 6.07) is 8.72. The third-order valence-corrected chi connectivity index (χ3v) is 5.19. The van der Waals surface area contributed by atoms with Gasteiger partial charge in [0.25, 0.3) is 0 Å². The lowest BCUT2D eigenvalue weighted by Crippen LogP contribution is -2.41. The SMILES string of the molecule is COc1ccc([C@H]2C[C@H](C)N(CC(=O)NC[C@@H]3CCCO3)C2)cc1. The van der Waals surface area contributed by atoms with Crippen molar-refractivity contribution in [1.82, 2.24) is 10.2 Å². The maximum Gasteiger partial charge on any atom is 0.234 e. The fraction of sp³-hybridized carbons (Fsp3) is 0.632. The molecule has 0 aliphatic carbocycles. The van der Waals surface area contributed by atoms with Crippen LogP contribution in [0.15, 0.2) is 24.3 Å². The quantitative estimate of drug-likeness (QED) is 0.867. The van der Waals surface area contributed by atoms with E-state index >= 15 is 0 Å². The lowest BCUT2D eigenvalue weighted by Gasteiger charge is -2.21. The molecule has 0 aromatic heterocycles. The highest BCUT2D eigenvalue weighted by Crippen LogP contribution is 2.32. The van der Waals surface area contributed by atoms with Crippen LogP contribution in [0.4, 0.5) is 0 Å². The second-order valence-corrected chi connectivity index (χ2v) is 6.92. The molecule has 3 atom stereocenters. The van der Waals surface area contributed by atoms with Crippen molar-refractivity contribution in [2.45, 2.75) is 44.2 Å². The number of likely N-dealkylation sites (tertiary alicyclic amines) is 1. The Labute approximate surface area is 144 Å². The summed E-state index contributed by atoms with van der Waals surface area (Å²) in [7, 11) is 1.68. The zero-order valence-electron chi connectivity index (χ0n) is 14.7. The molecule has 1 aromatic rings. The number of nitrogens with zero attached hydrogens (tertiary/aromatic N) is 1. The Morgan fingerprint density at radius 3 is 2.83 bits per heavy atom. The molecule has 1 N–H and O–H groups in total. The Balaban J connectivity index is 1.48. The lowest BCUT2D eigenvalue weighted by atomic mass is 9.97. The maximum absolute atomic E-state index is 12.2. The predicted octanol–water partition coefficient (Wildman–Crippen LogP) is 2.17. The van der Waals surface area contributed by atoms with Gasteiger partial charge >= 0.3 is 0 Å². The minimum Gasteiger partial charge on any atom is -0.497 e. The number of carbonyl (C=O) groups excluding carboxylic acids is 1. The van der Waals surface area contributed by atoms with Crippen LogP contribution in [0.1, 0.15) is 37.7 Å². The molecule has 2 heterocycles. The maximum atomic E-state index is 12.2. The van der Waals surface area contributed by atoms with Crippen molar-refractivity contribution in [2.24, 2.45) is 0 Å². The highest BCUT2D eigenvalue weighted by atomic mass is 16.5. The highest BCUT2D eigenvalue weighted by Gasteiger charge is 2.31. The van der Waals surface area contributed by atoms with E-state index in [0.29, 0.717) is 25.0 Å². The van der Waals surface area contributed by atoms with Crippen LogP contribution in [-0.2, 0) is 9.53 Å². The number of hydrogen-bond acceptors (Lipinski definition) is 4. The third-order valence-electron chi connectivity index (χ3n) is 5.19. The average molecular weight is 332 g/mol. The lowest BCUT2D eigenvalue weighted by molar-refractivity contribution is -0.122. The first kappa shape index (κ1) is 17.2. The van der Waals surface area contributed by atoms with Gasteiger partial charge in [0.15, 0.2) is 0 Å². The van der Waals surface area contributed by atoms with Crippen molar-refractivity contribution in [3.05, 3.63) is 29.8 Å². The molecule has 132 valence electrons. The third kappa shape index (κ3) is 4.28. The molecule has 2 saturated heterocycles. The number of ether oxygens (including phenoxy) is 2. The van der Waals surface area contributed by atoms with E-state index in [9.17, 15) is 4.79 Å². The first-order valence-corrected chi connectivity index (χ1v) is 8.92. The van der Waals surface area contributed by atoms with Gasteiger partial charge in [0.2, 0.25) is 5.91 Å². The van der Waals surface area contributed by atoms with Gasteiger partial charge in [-0.15, -0.1) is 0 Å². The van der Waals surface area contributed by atoms with E-state index in [1.807, 2.05) is 12.1 Å². The first-order chi connectivity index (χ1) is 11.7. The molecule has 24 heavy (non-hydrogen) atoms. The van der Waals surface area contributed by atoms with E-state index in [1.165, 1.54) is 5.56 Å². The Morgan fingerprint density at radius 2 is 2.17 bits per heavy atom. The van der Waals surface area contributed by atoms with Gasteiger partial charge in [-0.3, -0.25) is 9.69 Å². The molecular weight excluding hydrogens is 304 g/mol. The Morgan fingerprint density at radius 1 is 1.38 bits per heavy atom. The Kier molecular flexibility index (Phi) is 5.74. The predicted molar refractivity (Wildman–Crippen MR) is 93.4 cm³/mol. The normalized spacial score (nSPS) is 27.3. The second kappa shape index (κ2) is 7.99. The Bertz CT molecular complexity index is 540. The van der Waals surface area contributed by atoms with Crippen LogP contribution in [0, 0.1) is 0 Å². The van der Waals surface area contributed by atoms with E-state index in [2.05, 4.69) is 29.3 Å². The fourth-order valence-electron chi connectivity index (χ4n) is 3.71. The van der Waals surface area contributed by atoms with E-state index in [4.69, 9.17) is 9.47 Å². The molecule has 0 unspecified atom stereocenters. The van der Waals surface area contributed by atoms with Crippen molar-refractivity contribution in [3.63, 3.8) is 0 Å². The molecule has 5 nitrogen and oxygen atoms in total. The van der Waals surface area contributed by atoms with E-state index in [1.54, 1.807) is 7.11 Å². The molecule has 2 fully saturated rings. The van der Waals surface area contributed by atoms with E-state index < -0.39 is 0 Å². The summed E-state index contributed by atoms with van der Waals surface area (Å²) in [6.07, 6.45) is 3.45. The summed E-state index contributed by atoms with van der Waals surface area (Å²) in [5.41, 5.74) is 1.32. The standard InChI is InChI=1S/C19H28N2O3/c1-14-10-16(15-5-7-17(23-2)8-6-15)12-21(14)13-19(22)20-11-18-4-3-9-24-18/h5-8,14,16,18H,3-4,9-13H2,1-2H3,(H,20,22)/t14-,16-,18-/m0/s1. The van der Waals surface area contributed by atoms with Crippen molar-refractivity contribution in [3.8, 4) is 5.75 Å². The minimum atomic E-state index is 0.104. The zero-order chi connectivity index (χ0) is 16.9. The molecular formula is C19H28N2O3. The van der Waals surface area contributed by atoms with Gasteiger partial charge in [0.1, 0.15) is 5.75 Å². The molecule has 5 heteroatoms. The first-order valence-electron chi connectivity index (χ1n) is 8.92. The summed E-state index contributed by atoms with van der Waals surface area (Å²) >= 11 is 0. The van der Waals surface area contributed by atoms with E-state index in [-0.39, 0.29) is 12.0 Å². The molecule has 0 saturated carbocycles. The molecule has 2 aliphatic heterocycles. The summed E-state index contributed by atoms with van der Waals surface area (Å²) in [5.74, 6) is 1.47. The zero-order valence-corrected chi connectivity index (χ0v) is 14.7. The number of carbonyl (C=O) groups is 1. The van der Waals surface area contributed by atoms with Crippen molar-refractivity contribution < 1.29 is 14.3 Å². The highest BCUT2D eigenvalue weighted by molar-refractivity contribution is 5.78. The van der Waals surface area contributed by atoms with Gasteiger partial charge < -0.3 is 14.8 Å². The largest absolute Gasteiger partial charge is 0.497 e. The van der Waals surface area contributed by atoms with Crippen LogP contribution in [-0.4, -0.2) is 56.3 Å². The summed E-state index contributed by atoms with van der Waals surface area (Å²) in [5, 5.41) is 3.02. The molecule has 1 aromatic carbocycles. The number of methoxy groups -OCH3 is 1. The number of rotatable bonds is 6. The number of hydrogen-bond donors (Lipinski definition) is 1. The van der Waals surface area contributed by atoms with E-state index in [0.717, 1.165) is 38.2 Å². The number of benzene rings is 1. The molecule has 0 bridgehead atoms. The van der Waals surface area contributed by atoms with Gasteiger partial charge in [-0.2, -0.15) is 0 Å². The van der Waals surface area contributed by atoms with Gasteiger partial charge in [0.05, 0.1) is 19.8 Å². The van der Waals surface area contributed by atoms with Gasteiger partial charge in [-0.25, -0.2) is 0 Å². The van der Waals surface area contributed by atoms with Crippen LogP contribution in [0.3, 0.4) is 0 Å². The Hall–Kier alpha value is -1.59. The molecule has 3 rings (SSSR count). The topological polar surface area (TPSA) is 50.8 Å². The molecule has 0 radical (unpaired) electrons. The molecule has 2 aliphatic rings. The van der Waals surface area contributed by atoms with Crippen LogP contribution in [0.25, 0.3) is 0 Å². The van der Waals surface area contributed by atoms with Crippen molar-refractivity contribution in [1.29, 1.82) is 0 Å². The van der Waals surface area contributed by atoms with Crippen LogP contribution < -0.4 is 10.1 Å². The van der Waals surface area contributed by atoms with Gasteiger partial charge in [-0.1, -0.05) is 12.1 Å². The average Bonchev–Trinajstić information content (AvgIpc) is 3.23. The van der Waals surface area contributed by atoms with Gasteiger partial charge in [0, 0.05) is 25.7 Å². The second-order valence-electron chi connectivity index (χ2n) is 6.92. The monoisotopic (exact) mass is 332 g/mol. The van der Waals surface area contributed by atoms with Gasteiger partial charge in [-0.05, 0) is 49.8 Å². The summed E-state index contributed by atoms with van der Waals surface area (Å²) in [6.45, 7) is 5.08. The van der Waals surface area contributed by atoms with Crippen molar-refractivity contribution in [2.75, 3.05) is 33.4 Å². The van der Waals surface area contributed by atoms with Crippen molar-refractivity contribution >= 4 is 5.91 Å². The summed E-state index contributed by atoms with van der Waals surface area (Å²) in [4.78, 5) is 14.5. The molecule has 1 amide bonds. The molecule has 0 spiro atoms. The number of amides is 1. The number of nitrogens with one attached hydrogen (secondary N) is 1. The van der Waals surface area contributed by atoms with Crippen LogP contribution in [0.2, 0.25) is 0 Å².